The van der Waals surface area contributed by atoms with Crippen LogP contribution in [0.4, 0.5) is 11.5 Å². The average Bonchev–Trinajstić information content (AvgIpc) is 2.93. The molecule has 2 heterocycles. The molecule has 1 saturated heterocycles. The fourth-order valence-corrected chi connectivity index (χ4v) is 3.54. The number of anilines is 2. The Kier molecular flexibility index (Phi) is 3.80. The zero-order valence-electron chi connectivity index (χ0n) is 11.2. The predicted octanol–water partition coefficient (Wildman–Crippen LogP) is 2.38. The molecule has 0 atom stereocenters. The van der Waals surface area contributed by atoms with Gasteiger partial charge in [0.15, 0.2) is 0 Å². The second-order valence-electron chi connectivity index (χ2n) is 5.54. The highest BCUT2D eigenvalue weighted by Gasteiger charge is 2.27. The van der Waals surface area contributed by atoms with Crippen molar-refractivity contribution in [2.24, 2.45) is 0 Å². The summed E-state index contributed by atoms with van der Waals surface area (Å²) in [4.78, 5) is 9.28. The van der Waals surface area contributed by atoms with Crippen LogP contribution in [0.15, 0.2) is 12.3 Å². The van der Waals surface area contributed by atoms with E-state index in [1.165, 1.54) is 25.7 Å². The Morgan fingerprint density at radius 1 is 1.16 bits per heavy atom. The highest BCUT2D eigenvalue weighted by molar-refractivity contribution is 6.33. The van der Waals surface area contributed by atoms with Gasteiger partial charge < -0.3 is 10.6 Å². The Hall–Kier alpha value is -1.00. The first-order chi connectivity index (χ1) is 9.24. The lowest BCUT2D eigenvalue weighted by molar-refractivity contribution is 0.187. The van der Waals surface area contributed by atoms with E-state index in [0.717, 1.165) is 38.0 Å². The van der Waals surface area contributed by atoms with Gasteiger partial charge in [0, 0.05) is 32.2 Å². The third kappa shape index (κ3) is 2.79. The lowest BCUT2D eigenvalue weighted by atomic mass is 10.2. The van der Waals surface area contributed by atoms with E-state index in [2.05, 4.69) is 14.8 Å². The van der Waals surface area contributed by atoms with Crippen molar-refractivity contribution in [3.05, 3.63) is 17.3 Å². The van der Waals surface area contributed by atoms with E-state index in [9.17, 15) is 0 Å². The molecule has 1 aromatic rings. The second-order valence-corrected chi connectivity index (χ2v) is 5.94. The molecule has 1 saturated carbocycles. The number of rotatable bonds is 2. The normalized spacial score (nSPS) is 22.1. The summed E-state index contributed by atoms with van der Waals surface area (Å²) in [5.74, 6) is 0.877. The lowest BCUT2D eigenvalue weighted by Crippen LogP contribution is -2.50. The molecule has 2 N–H and O–H groups in total. The topological polar surface area (TPSA) is 45.4 Å². The predicted molar refractivity (Wildman–Crippen MR) is 79.7 cm³/mol. The van der Waals surface area contributed by atoms with Crippen LogP contribution in [-0.2, 0) is 0 Å². The Morgan fingerprint density at radius 3 is 2.47 bits per heavy atom. The van der Waals surface area contributed by atoms with Crippen molar-refractivity contribution in [2.45, 2.75) is 31.7 Å². The molecule has 19 heavy (non-hydrogen) atoms. The van der Waals surface area contributed by atoms with Crippen LogP contribution in [-0.4, -0.2) is 42.1 Å². The van der Waals surface area contributed by atoms with Crippen molar-refractivity contribution in [2.75, 3.05) is 36.8 Å². The summed E-state index contributed by atoms with van der Waals surface area (Å²) in [6.45, 7) is 4.25. The Bertz CT molecular complexity index is 437. The fourth-order valence-electron chi connectivity index (χ4n) is 3.25. The van der Waals surface area contributed by atoms with Crippen molar-refractivity contribution in [1.29, 1.82) is 0 Å². The maximum atomic E-state index is 6.23. The zero-order chi connectivity index (χ0) is 13.2. The quantitative estimate of drug-likeness (QED) is 0.903. The number of hydrogen-bond donors (Lipinski definition) is 1. The SMILES string of the molecule is Nc1cnc(N2CCN(C3CCCC3)CC2)c(Cl)c1. The standard InChI is InChI=1S/C14H21ClN4/c15-13-9-11(16)10-17-14(13)19-7-5-18(6-8-19)12-3-1-2-4-12/h9-10,12H,1-8,16H2. The third-order valence-corrected chi connectivity index (χ3v) is 4.58. The van der Waals surface area contributed by atoms with Gasteiger partial charge in [-0.2, -0.15) is 0 Å². The van der Waals surface area contributed by atoms with Crippen molar-refractivity contribution in [3.63, 3.8) is 0 Å². The summed E-state index contributed by atoms with van der Waals surface area (Å²) >= 11 is 6.23. The molecule has 0 aromatic carbocycles. The van der Waals surface area contributed by atoms with Gasteiger partial charge in [0.05, 0.1) is 16.9 Å². The number of nitrogen functional groups attached to an aromatic ring is 1. The Balaban J connectivity index is 1.63. The molecule has 1 aromatic heterocycles. The first kappa shape index (κ1) is 13.0. The van der Waals surface area contributed by atoms with Gasteiger partial charge in [0.1, 0.15) is 5.82 Å². The number of hydrogen-bond acceptors (Lipinski definition) is 4. The first-order valence-electron chi connectivity index (χ1n) is 7.14. The van der Waals surface area contributed by atoms with Gasteiger partial charge >= 0.3 is 0 Å². The minimum atomic E-state index is 0.623. The maximum absolute atomic E-state index is 6.23. The molecule has 0 bridgehead atoms. The third-order valence-electron chi connectivity index (χ3n) is 4.30. The molecule has 0 radical (unpaired) electrons. The number of piperazine rings is 1. The van der Waals surface area contributed by atoms with Gasteiger partial charge in [0.25, 0.3) is 0 Å². The van der Waals surface area contributed by atoms with Gasteiger partial charge in [-0.05, 0) is 18.9 Å². The van der Waals surface area contributed by atoms with Crippen LogP contribution in [0.3, 0.4) is 0 Å². The van der Waals surface area contributed by atoms with Crippen LogP contribution in [0, 0.1) is 0 Å². The molecule has 104 valence electrons. The molecule has 2 aliphatic rings. The first-order valence-corrected chi connectivity index (χ1v) is 7.52. The van der Waals surface area contributed by atoms with Crippen LogP contribution in [0.2, 0.25) is 5.02 Å². The summed E-state index contributed by atoms with van der Waals surface area (Å²) in [5.41, 5.74) is 6.31. The summed E-state index contributed by atoms with van der Waals surface area (Å²) in [5, 5.41) is 0.661. The molecule has 1 aliphatic carbocycles. The molecular formula is C14H21ClN4. The molecule has 5 heteroatoms. The van der Waals surface area contributed by atoms with Gasteiger partial charge in [-0.15, -0.1) is 0 Å². The van der Waals surface area contributed by atoms with Crippen molar-refractivity contribution >= 4 is 23.1 Å². The summed E-state index contributed by atoms with van der Waals surface area (Å²) in [7, 11) is 0. The van der Waals surface area contributed by atoms with Crippen molar-refractivity contribution in [3.8, 4) is 0 Å². The molecule has 3 rings (SSSR count). The Labute approximate surface area is 119 Å². The molecule has 2 fully saturated rings. The minimum absolute atomic E-state index is 0.623. The monoisotopic (exact) mass is 280 g/mol. The number of nitrogens with zero attached hydrogens (tertiary/aromatic N) is 3. The van der Waals surface area contributed by atoms with Gasteiger partial charge in [-0.1, -0.05) is 24.4 Å². The molecular weight excluding hydrogens is 260 g/mol. The van der Waals surface area contributed by atoms with Crippen LogP contribution in [0.5, 0.6) is 0 Å². The van der Waals surface area contributed by atoms with E-state index in [-0.39, 0.29) is 0 Å². The summed E-state index contributed by atoms with van der Waals surface area (Å²) < 4.78 is 0. The fraction of sp³-hybridized carbons (Fsp3) is 0.643. The molecule has 4 nitrogen and oxygen atoms in total. The van der Waals surface area contributed by atoms with E-state index < -0.39 is 0 Å². The maximum Gasteiger partial charge on any atom is 0.147 e. The lowest BCUT2D eigenvalue weighted by Gasteiger charge is -2.38. The van der Waals surface area contributed by atoms with E-state index in [1.807, 2.05) is 0 Å². The van der Waals surface area contributed by atoms with E-state index in [0.29, 0.717) is 10.7 Å². The van der Waals surface area contributed by atoms with Crippen LogP contribution in [0.1, 0.15) is 25.7 Å². The molecule has 0 spiro atoms. The number of halogens is 1. The largest absolute Gasteiger partial charge is 0.397 e. The molecule has 1 aliphatic heterocycles. The average molecular weight is 281 g/mol. The summed E-state index contributed by atoms with van der Waals surface area (Å²) in [6.07, 6.45) is 7.23. The van der Waals surface area contributed by atoms with Crippen LogP contribution < -0.4 is 10.6 Å². The van der Waals surface area contributed by atoms with Crippen molar-refractivity contribution in [1.82, 2.24) is 9.88 Å². The minimum Gasteiger partial charge on any atom is -0.397 e. The smallest absolute Gasteiger partial charge is 0.147 e. The highest BCUT2D eigenvalue weighted by atomic mass is 35.5. The van der Waals surface area contributed by atoms with Gasteiger partial charge in [-0.3, -0.25) is 4.90 Å². The highest BCUT2D eigenvalue weighted by Crippen LogP contribution is 2.28. The summed E-state index contributed by atoms with van der Waals surface area (Å²) in [6, 6.07) is 2.60. The van der Waals surface area contributed by atoms with E-state index in [1.54, 1.807) is 12.3 Å². The van der Waals surface area contributed by atoms with Gasteiger partial charge in [-0.25, -0.2) is 4.98 Å². The van der Waals surface area contributed by atoms with E-state index in [4.69, 9.17) is 17.3 Å². The number of aromatic nitrogens is 1. The molecule has 0 amide bonds. The second kappa shape index (κ2) is 5.55. The number of pyridine rings is 1. The number of nitrogens with two attached hydrogens (primary N) is 1. The van der Waals surface area contributed by atoms with E-state index >= 15 is 0 Å². The molecule has 0 unspecified atom stereocenters. The van der Waals surface area contributed by atoms with Crippen molar-refractivity contribution < 1.29 is 0 Å². The zero-order valence-corrected chi connectivity index (χ0v) is 11.9. The van der Waals surface area contributed by atoms with Crippen LogP contribution >= 0.6 is 11.6 Å². The van der Waals surface area contributed by atoms with Gasteiger partial charge in [0.2, 0.25) is 0 Å². The Morgan fingerprint density at radius 2 is 1.84 bits per heavy atom. The van der Waals surface area contributed by atoms with Crippen LogP contribution in [0.25, 0.3) is 0 Å².